The number of ether oxygens (including phenoxy) is 1. The van der Waals surface area contributed by atoms with Gasteiger partial charge in [-0.15, -0.1) is 0 Å². The molecule has 0 bridgehead atoms. The van der Waals surface area contributed by atoms with Crippen LogP contribution < -0.4 is 11.1 Å². The molecule has 0 atom stereocenters. The van der Waals surface area contributed by atoms with Gasteiger partial charge in [0.05, 0.1) is 11.3 Å². The fourth-order valence-corrected chi connectivity index (χ4v) is 2.08. The molecule has 0 aliphatic rings. The molecule has 0 radical (unpaired) electrons. The van der Waals surface area contributed by atoms with Gasteiger partial charge in [-0.25, -0.2) is 18.0 Å². The Balaban J connectivity index is 2.00. The summed E-state index contributed by atoms with van der Waals surface area (Å²) >= 11 is 3.16. The van der Waals surface area contributed by atoms with Crippen molar-refractivity contribution in [3.05, 3.63) is 57.8 Å². The predicted octanol–water partition coefficient (Wildman–Crippen LogP) is 3.24. The smallest absolute Gasteiger partial charge is 0.340 e. The minimum Gasteiger partial charge on any atom is -0.452 e. The van der Waals surface area contributed by atoms with Crippen molar-refractivity contribution < 1.29 is 27.5 Å². The Bertz CT molecular complexity index is 815. The van der Waals surface area contributed by atoms with Crippen LogP contribution in [0.4, 0.5) is 24.5 Å². The fourth-order valence-electron chi connectivity index (χ4n) is 1.72. The van der Waals surface area contributed by atoms with Gasteiger partial charge in [0.15, 0.2) is 24.1 Å². The van der Waals surface area contributed by atoms with Crippen LogP contribution in [-0.4, -0.2) is 18.5 Å². The van der Waals surface area contributed by atoms with E-state index >= 15 is 0 Å². The molecule has 0 saturated heterocycles. The number of hydrogen-bond donors (Lipinski definition) is 2. The predicted molar refractivity (Wildman–Crippen MR) is 83.8 cm³/mol. The van der Waals surface area contributed by atoms with Crippen molar-refractivity contribution in [2.75, 3.05) is 17.7 Å². The largest absolute Gasteiger partial charge is 0.452 e. The van der Waals surface area contributed by atoms with Crippen molar-refractivity contribution in [3.63, 3.8) is 0 Å². The maximum Gasteiger partial charge on any atom is 0.340 e. The second-order valence-electron chi connectivity index (χ2n) is 4.58. The highest BCUT2D eigenvalue weighted by atomic mass is 79.9. The van der Waals surface area contributed by atoms with Crippen molar-refractivity contribution >= 4 is 39.2 Å². The van der Waals surface area contributed by atoms with Crippen LogP contribution in [0.2, 0.25) is 0 Å². The first kappa shape index (κ1) is 17.8. The summed E-state index contributed by atoms with van der Waals surface area (Å²) in [6.07, 6.45) is 0. The van der Waals surface area contributed by atoms with Crippen molar-refractivity contribution in [1.29, 1.82) is 0 Å². The molecule has 9 heteroatoms. The van der Waals surface area contributed by atoms with Gasteiger partial charge in [0.1, 0.15) is 0 Å². The molecule has 24 heavy (non-hydrogen) atoms. The lowest BCUT2D eigenvalue weighted by Gasteiger charge is -2.09. The zero-order chi connectivity index (χ0) is 17.9. The molecular formula is C15H10BrF3N2O3. The van der Waals surface area contributed by atoms with Crippen LogP contribution in [0, 0.1) is 17.5 Å². The monoisotopic (exact) mass is 402 g/mol. The highest BCUT2D eigenvalue weighted by Gasteiger charge is 2.17. The van der Waals surface area contributed by atoms with Gasteiger partial charge in [-0.2, -0.15) is 0 Å². The van der Waals surface area contributed by atoms with E-state index in [2.05, 4.69) is 15.9 Å². The standard InChI is InChI=1S/C15H10BrF3N2O3/c16-7-1-3-10(20)8(5-7)15(23)24-6-12(22)21-11-4-2-9(17)13(18)14(11)19/h1-5H,6,20H2,(H,21,22). The third kappa shape index (κ3) is 4.05. The number of amides is 1. The van der Waals surface area contributed by atoms with Gasteiger partial charge in [0.25, 0.3) is 5.91 Å². The number of anilines is 2. The third-order valence-electron chi connectivity index (χ3n) is 2.88. The third-order valence-corrected chi connectivity index (χ3v) is 3.37. The van der Waals surface area contributed by atoms with Gasteiger partial charge in [-0.1, -0.05) is 15.9 Å². The lowest BCUT2D eigenvalue weighted by Crippen LogP contribution is -2.22. The molecule has 2 rings (SSSR count). The van der Waals surface area contributed by atoms with Gasteiger partial charge in [-0.05, 0) is 30.3 Å². The van der Waals surface area contributed by atoms with E-state index in [0.717, 1.165) is 6.07 Å². The molecule has 0 unspecified atom stereocenters. The van der Waals surface area contributed by atoms with Crippen LogP contribution in [0.3, 0.4) is 0 Å². The zero-order valence-electron chi connectivity index (χ0n) is 11.9. The van der Waals surface area contributed by atoms with E-state index in [1.54, 1.807) is 6.07 Å². The average molecular weight is 403 g/mol. The molecule has 0 aliphatic heterocycles. The summed E-state index contributed by atoms with van der Waals surface area (Å²) in [5, 5.41) is 1.97. The van der Waals surface area contributed by atoms with Gasteiger partial charge >= 0.3 is 5.97 Å². The molecule has 2 aromatic carbocycles. The van der Waals surface area contributed by atoms with Crippen LogP contribution >= 0.6 is 15.9 Å². The Morgan fingerprint density at radius 3 is 2.54 bits per heavy atom. The van der Waals surface area contributed by atoms with E-state index in [-0.39, 0.29) is 11.3 Å². The Labute approximate surface area is 142 Å². The van der Waals surface area contributed by atoms with Crippen LogP contribution in [0.5, 0.6) is 0 Å². The van der Waals surface area contributed by atoms with E-state index in [9.17, 15) is 22.8 Å². The van der Waals surface area contributed by atoms with E-state index in [1.807, 2.05) is 5.32 Å². The SMILES string of the molecule is Nc1ccc(Br)cc1C(=O)OCC(=O)Nc1ccc(F)c(F)c1F. The summed E-state index contributed by atoms with van der Waals surface area (Å²) in [4.78, 5) is 23.5. The molecule has 5 nitrogen and oxygen atoms in total. The molecule has 0 spiro atoms. The molecular weight excluding hydrogens is 393 g/mol. The second kappa shape index (κ2) is 7.35. The first-order valence-electron chi connectivity index (χ1n) is 6.45. The quantitative estimate of drug-likeness (QED) is 0.467. The summed E-state index contributed by atoms with van der Waals surface area (Å²) in [6, 6.07) is 5.99. The topological polar surface area (TPSA) is 81.4 Å². The lowest BCUT2D eigenvalue weighted by molar-refractivity contribution is -0.119. The minimum atomic E-state index is -1.72. The molecule has 0 aromatic heterocycles. The Hall–Kier alpha value is -2.55. The number of hydrogen-bond acceptors (Lipinski definition) is 4. The normalized spacial score (nSPS) is 10.3. The molecule has 0 heterocycles. The highest BCUT2D eigenvalue weighted by Crippen LogP contribution is 2.20. The second-order valence-corrected chi connectivity index (χ2v) is 5.49. The van der Waals surface area contributed by atoms with Crippen molar-refractivity contribution in [1.82, 2.24) is 0 Å². The number of nitrogens with two attached hydrogens (primary N) is 1. The van der Waals surface area contributed by atoms with Crippen LogP contribution in [0.15, 0.2) is 34.8 Å². The molecule has 2 aromatic rings. The summed E-state index contributed by atoms with van der Waals surface area (Å²) in [5.74, 6) is -6.45. The lowest BCUT2D eigenvalue weighted by atomic mass is 10.2. The van der Waals surface area contributed by atoms with Crippen molar-refractivity contribution in [2.24, 2.45) is 0 Å². The summed E-state index contributed by atoms with van der Waals surface area (Å²) in [5.41, 5.74) is 5.24. The maximum absolute atomic E-state index is 13.4. The number of carbonyl (C=O) groups excluding carboxylic acids is 2. The van der Waals surface area contributed by atoms with E-state index in [4.69, 9.17) is 10.5 Å². The molecule has 1 amide bonds. The Morgan fingerprint density at radius 1 is 1.12 bits per heavy atom. The molecule has 0 fully saturated rings. The maximum atomic E-state index is 13.4. The average Bonchev–Trinajstić information content (AvgIpc) is 2.55. The number of esters is 1. The van der Waals surface area contributed by atoms with Crippen LogP contribution in [-0.2, 0) is 9.53 Å². The first-order valence-corrected chi connectivity index (χ1v) is 7.24. The van der Waals surface area contributed by atoms with Gasteiger partial charge < -0.3 is 15.8 Å². The van der Waals surface area contributed by atoms with Gasteiger partial charge in [0.2, 0.25) is 0 Å². The number of rotatable bonds is 4. The number of nitrogens with one attached hydrogen (secondary N) is 1. The Kier molecular flexibility index (Phi) is 5.45. The number of carbonyl (C=O) groups is 2. The molecule has 126 valence electrons. The van der Waals surface area contributed by atoms with E-state index < -0.39 is 41.6 Å². The van der Waals surface area contributed by atoms with Gasteiger partial charge in [0, 0.05) is 10.2 Å². The number of benzene rings is 2. The first-order chi connectivity index (χ1) is 11.3. The van der Waals surface area contributed by atoms with Crippen LogP contribution in [0.1, 0.15) is 10.4 Å². The summed E-state index contributed by atoms with van der Waals surface area (Å²) in [7, 11) is 0. The molecule has 0 saturated carbocycles. The summed E-state index contributed by atoms with van der Waals surface area (Å²) in [6.45, 7) is -0.761. The van der Waals surface area contributed by atoms with Crippen LogP contribution in [0.25, 0.3) is 0 Å². The fraction of sp³-hybridized carbons (Fsp3) is 0.0667. The summed E-state index contributed by atoms with van der Waals surface area (Å²) < 4.78 is 44.6. The number of nitrogen functional groups attached to an aromatic ring is 1. The Morgan fingerprint density at radius 2 is 1.83 bits per heavy atom. The van der Waals surface area contributed by atoms with Gasteiger partial charge in [-0.3, -0.25) is 4.79 Å². The molecule has 3 N–H and O–H groups in total. The highest BCUT2D eigenvalue weighted by molar-refractivity contribution is 9.10. The zero-order valence-corrected chi connectivity index (χ0v) is 13.5. The molecule has 0 aliphatic carbocycles. The van der Waals surface area contributed by atoms with E-state index in [0.29, 0.717) is 10.5 Å². The number of halogens is 4. The minimum absolute atomic E-state index is 0.0381. The van der Waals surface area contributed by atoms with Crippen molar-refractivity contribution in [2.45, 2.75) is 0 Å². The van der Waals surface area contributed by atoms with Crippen molar-refractivity contribution in [3.8, 4) is 0 Å². The van der Waals surface area contributed by atoms with E-state index in [1.165, 1.54) is 12.1 Å².